The zero-order chi connectivity index (χ0) is 37.1. The number of rotatable bonds is 4. The molecule has 0 saturated heterocycles. The Balaban J connectivity index is 1.11. The molecule has 2 heterocycles. The van der Waals surface area contributed by atoms with Gasteiger partial charge in [0.25, 0.3) is 0 Å². The van der Waals surface area contributed by atoms with E-state index in [0.29, 0.717) is 0 Å². The lowest BCUT2D eigenvalue weighted by atomic mass is 9.82. The number of thiophene rings is 1. The minimum Gasteiger partial charge on any atom is -0.455 e. The molecule has 0 radical (unpaired) electrons. The van der Waals surface area contributed by atoms with Gasteiger partial charge in [-0.3, -0.25) is 0 Å². The Hall–Kier alpha value is -6.68. The van der Waals surface area contributed by atoms with Gasteiger partial charge in [-0.1, -0.05) is 135 Å². The van der Waals surface area contributed by atoms with E-state index in [-0.39, 0.29) is 5.41 Å². The highest BCUT2D eigenvalue weighted by Crippen LogP contribution is 2.55. The van der Waals surface area contributed by atoms with Crippen molar-refractivity contribution in [2.24, 2.45) is 0 Å². The topological polar surface area (TPSA) is 16.4 Å². The Morgan fingerprint density at radius 2 is 1.16 bits per heavy atom. The summed E-state index contributed by atoms with van der Waals surface area (Å²) in [5, 5.41) is 9.71. The van der Waals surface area contributed by atoms with Crippen molar-refractivity contribution < 1.29 is 4.42 Å². The fourth-order valence-corrected chi connectivity index (χ4v) is 10.7. The molecule has 0 amide bonds. The molecule has 56 heavy (non-hydrogen) atoms. The lowest BCUT2D eigenvalue weighted by Gasteiger charge is -2.29. The van der Waals surface area contributed by atoms with Crippen LogP contribution in [0.2, 0.25) is 0 Å². The number of hydrogen-bond acceptors (Lipinski definition) is 3. The first-order valence-corrected chi connectivity index (χ1v) is 20.2. The van der Waals surface area contributed by atoms with Gasteiger partial charge in [0.05, 0.1) is 5.69 Å². The van der Waals surface area contributed by atoms with Gasteiger partial charge < -0.3 is 9.32 Å². The lowest BCUT2D eigenvalue weighted by Crippen LogP contribution is -2.16. The Kier molecular flexibility index (Phi) is 6.59. The van der Waals surface area contributed by atoms with Crippen LogP contribution in [-0.4, -0.2) is 0 Å². The van der Waals surface area contributed by atoms with Crippen LogP contribution in [0.5, 0.6) is 0 Å². The maximum absolute atomic E-state index is 6.68. The quantitative estimate of drug-likeness (QED) is 0.179. The molecule has 0 bridgehead atoms. The largest absolute Gasteiger partial charge is 0.455 e. The molecule has 3 heteroatoms. The third-order valence-corrected chi connectivity index (χ3v) is 13.4. The molecule has 0 saturated carbocycles. The minimum atomic E-state index is -0.114. The molecule has 0 aliphatic heterocycles. The van der Waals surface area contributed by atoms with Crippen molar-refractivity contribution in [3.8, 4) is 22.3 Å². The van der Waals surface area contributed by atoms with Gasteiger partial charge in [0.2, 0.25) is 0 Å². The van der Waals surface area contributed by atoms with Gasteiger partial charge in [-0.2, -0.15) is 0 Å². The van der Waals surface area contributed by atoms with Gasteiger partial charge in [0.1, 0.15) is 11.2 Å². The molecule has 1 aliphatic carbocycles. The SMILES string of the molecule is CC1(C)c2ccccc2-c2c(N(c3ccc(-c4cccc5ccccc45)cc3)c3ccc4sc5ccc6oc7c8ccccc8ccc7c6c5c4c3)cccc21. The van der Waals surface area contributed by atoms with Crippen molar-refractivity contribution in [3.05, 3.63) is 187 Å². The Morgan fingerprint density at radius 1 is 0.482 bits per heavy atom. The summed E-state index contributed by atoms with van der Waals surface area (Å²) in [4.78, 5) is 2.48. The van der Waals surface area contributed by atoms with Crippen LogP contribution in [-0.2, 0) is 5.41 Å². The average molecular weight is 734 g/mol. The van der Waals surface area contributed by atoms with E-state index in [2.05, 4.69) is 195 Å². The van der Waals surface area contributed by atoms with Gasteiger partial charge in [0.15, 0.2) is 0 Å². The average Bonchev–Trinajstić information content (AvgIpc) is 3.89. The van der Waals surface area contributed by atoms with Crippen molar-refractivity contribution in [3.63, 3.8) is 0 Å². The molecule has 0 unspecified atom stereocenters. The summed E-state index contributed by atoms with van der Waals surface area (Å²) in [5.74, 6) is 0. The first kappa shape index (κ1) is 31.6. The number of nitrogens with zero attached hydrogens (tertiary/aromatic N) is 1. The van der Waals surface area contributed by atoms with Crippen LogP contribution in [0, 0.1) is 0 Å². The van der Waals surface area contributed by atoms with Crippen LogP contribution in [0.1, 0.15) is 25.0 Å². The van der Waals surface area contributed by atoms with Gasteiger partial charge >= 0.3 is 0 Å². The molecular formula is C53H35NOS. The zero-order valence-electron chi connectivity index (χ0n) is 31.0. The Bertz CT molecular complexity index is 3400. The molecule has 12 rings (SSSR count). The normalized spacial score (nSPS) is 13.3. The molecule has 2 nitrogen and oxygen atoms in total. The summed E-state index contributed by atoms with van der Waals surface area (Å²) < 4.78 is 9.21. The lowest BCUT2D eigenvalue weighted by molar-refractivity contribution is 0.660. The molecular weight excluding hydrogens is 699 g/mol. The zero-order valence-corrected chi connectivity index (χ0v) is 31.8. The van der Waals surface area contributed by atoms with Crippen LogP contribution >= 0.6 is 11.3 Å². The third-order valence-electron chi connectivity index (χ3n) is 12.3. The molecule has 9 aromatic carbocycles. The predicted molar refractivity (Wildman–Crippen MR) is 239 cm³/mol. The van der Waals surface area contributed by atoms with Crippen LogP contribution in [0.4, 0.5) is 17.1 Å². The predicted octanol–water partition coefficient (Wildman–Crippen LogP) is 15.7. The maximum atomic E-state index is 6.68. The first-order chi connectivity index (χ1) is 27.5. The number of anilines is 3. The third kappa shape index (κ3) is 4.43. The van der Waals surface area contributed by atoms with Crippen molar-refractivity contribution in [2.75, 3.05) is 4.90 Å². The van der Waals surface area contributed by atoms with Crippen molar-refractivity contribution in [2.45, 2.75) is 19.3 Å². The summed E-state index contributed by atoms with van der Waals surface area (Å²) in [6, 6.07) is 64.6. The van der Waals surface area contributed by atoms with Crippen LogP contribution < -0.4 is 4.90 Å². The van der Waals surface area contributed by atoms with Crippen LogP contribution in [0.3, 0.4) is 0 Å². The van der Waals surface area contributed by atoms with Gasteiger partial charge in [-0.15, -0.1) is 11.3 Å². The van der Waals surface area contributed by atoms with Crippen LogP contribution in [0.25, 0.3) is 85.9 Å². The highest BCUT2D eigenvalue weighted by molar-refractivity contribution is 7.26. The molecule has 11 aromatic rings. The van der Waals surface area contributed by atoms with Gasteiger partial charge in [-0.25, -0.2) is 0 Å². The Morgan fingerprint density at radius 3 is 2.04 bits per heavy atom. The van der Waals surface area contributed by atoms with E-state index < -0.39 is 0 Å². The van der Waals surface area contributed by atoms with E-state index >= 15 is 0 Å². The number of hydrogen-bond donors (Lipinski definition) is 0. The highest BCUT2D eigenvalue weighted by atomic mass is 32.1. The maximum Gasteiger partial charge on any atom is 0.143 e. The van der Waals surface area contributed by atoms with E-state index in [4.69, 9.17) is 4.42 Å². The fraction of sp³-hybridized carbons (Fsp3) is 0.0566. The standard InChI is InChI=1S/C53H35NOS/c1-53(2)43-18-8-7-16-40(43)49-44(53)19-10-20-45(49)54(35-24-21-34(22-25-35)38-17-9-13-32-11-3-5-14-37(32)38)36-26-29-47-42(31-36)51-48(56-47)30-28-46-50(51)41-27-23-33-12-4-6-15-39(33)52(41)55-46/h3-31H,1-2H3. The summed E-state index contributed by atoms with van der Waals surface area (Å²) in [6.45, 7) is 4.72. The highest BCUT2D eigenvalue weighted by Gasteiger charge is 2.37. The summed E-state index contributed by atoms with van der Waals surface area (Å²) >= 11 is 1.85. The number of fused-ring (bicyclic) bond motifs is 13. The second kappa shape index (κ2) is 11.7. The van der Waals surface area contributed by atoms with E-state index in [1.54, 1.807) is 0 Å². The van der Waals surface area contributed by atoms with E-state index in [1.165, 1.54) is 80.8 Å². The van der Waals surface area contributed by atoms with E-state index in [1.807, 2.05) is 11.3 Å². The Labute approximate surface area is 328 Å². The smallest absolute Gasteiger partial charge is 0.143 e. The fourth-order valence-electron chi connectivity index (χ4n) is 9.61. The van der Waals surface area contributed by atoms with Crippen molar-refractivity contribution in [1.29, 1.82) is 0 Å². The second-order valence-electron chi connectivity index (χ2n) is 15.6. The summed E-state index contributed by atoms with van der Waals surface area (Å²) in [5.41, 5.74) is 13.0. The van der Waals surface area contributed by atoms with Gasteiger partial charge in [0, 0.05) is 58.7 Å². The van der Waals surface area contributed by atoms with E-state index in [0.717, 1.165) is 33.3 Å². The molecule has 0 spiro atoms. The van der Waals surface area contributed by atoms with Gasteiger partial charge in [-0.05, 0) is 98.6 Å². The summed E-state index contributed by atoms with van der Waals surface area (Å²) in [6.07, 6.45) is 0. The molecule has 0 N–H and O–H groups in total. The molecule has 1 aliphatic rings. The summed E-state index contributed by atoms with van der Waals surface area (Å²) in [7, 11) is 0. The molecule has 264 valence electrons. The molecule has 0 fully saturated rings. The van der Waals surface area contributed by atoms with Crippen molar-refractivity contribution >= 4 is 92.1 Å². The van der Waals surface area contributed by atoms with E-state index in [9.17, 15) is 0 Å². The van der Waals surface area contributed by atoms with Crippen molar-refractivity contribution in [1.82, 2.24) is 0 Å². The monoisotopic (exact) mass is 733 g/mol. The first-order valence-electron chi connectivity index (χ1n) is 19.3. The second-order valence-corrected chi connectivity index (χ2v) is 16.7. The number of furan rings is 1. The number of benzene rings is 9. The van der Waals surface area contributed by atoms with Crippen LogP contribution in [0.15, 0.2) is 180 Å². The minimum absolute atomic E-state index is 0.114. The molecule has 2 aromatic heterocycles. The molecule has 0 atom stereocenters.